The molecule has 1 saturated heterocycles. The third-order valence-corrected chi connectivity index (χ3v) is 5.08. The average molecular weight is 383 g/mol. The van der Waals surface area contributed by atoms with Crippen molar-refractivity contribution in [2.75, 3.05) is 38.7 Å². The maximum absolute atomic E-state index is 12.7. The van der Waals surface area contributed by atoms with Crippen molar-refractivity contribution >= 4 is 17.8 Å². The second-order valence-electron chi connectivity index (χ2n) is 7.15. The molecule has 0 aliphatic carbocycles. The number of likely N-dealkylation sites (tertiary alicyclic amines) is 1. The number of carbonyl (C=O) groups excluding carboxylic acids is 2. The molecule has 1 amide bonds. The summed E-state index contributed by atoms with van der Waals surface area (Å²) in [6.07, 6.45) is 3.84. The number of esters is 1. The van der Waals surface area contributed by atoms with Crippen molar-refractivity contribution in [3.05, 3.63) is 47.0 Å². The van der Waals surface area contributed by atoms with Gasteiger partial charge in [-0.05, 0) is 37.8 Å². The Balaban J connectivity index is 1.58. The van der Waals surface area contributed by atoms with Crippen LogP contribution in [0.4, 0.5) is 5.95 Å². The molecule has 2 aromatic heterocycles. The van der Waals surface area contributed by atoms with E-state index in [9.17, 15) is 9.59 Å². The van der Waals surface area contributed by atoms with Gasteiger partial charge in [-0.1, -0.05) is 6.07 Å². The van der Waals surface area contributed by atoms with Crippen LogP contribution in [0.1, 0.15) is 38.5 Å². The van der Waals surface area contributed by atoms with Gasteiger partial charge in [-0.2, -0.15) is 0 Å². The minimum Gasteiger partial charge on any atom is -0.465 e. The first-order chi connectivity index (χ1) is 13.4. The molecule has 8 nitrogen and oxygen atoms in total. The van der Waals surface area contributed by atoms with Crippen molar-refractivity contribution in [2.24, 2.45) is 5.92 Å². The van der Waals surface area contributed by atoms with Crippen LogP contribution in [0.3, 0.4) is 0 Å². The zero-order valence-corrected chi connectivity index (χ0v) is 16.7. The summed E-state index contributed by atoms with van der Waals surface area (Å²) in [5.74, 6) is 0.378. The van der Waals surface area contributed by atoms with Crippen LogP contribution in [0.2, 0.25) is 0 Å². The molecule has 0 saturated carbocycles. The maximum Gasteiger partial charge on any atom is 0.341 e. The number of methoxy groups -OCH3 is 1. The molecule has 0 bridgehead atoms. The molecule has 28 heavy (non-hydrogen) atoms. The van der Waals surface area contributed by atoms with E-state index in [2.05, 4.69) is 19.7 Å². The van der Waals surface area contributed by atoms with Crippen LogP contribution >= 0.6 is 0 Å². The number of rotatable bonds is 5. The van der Waals surface area contributed by atoms with Crippen molar-refractivity contribution in [2.45, 2.75) is 20.3 Å². The Hall–Kier alpha value is -3.03. The fourth-order valence-corrected chi connectivity index (χ4v) is 3.29. The van der Waals surface area contributed by atoms with Gasteiger partial charge in [-0.3, -0.25) is 4.79 Å². The molecular weight excluding hydrogens is 358 g/mol. The number of hydrogen-bond donors (Lipinski definition) is 0. The van der Waals surface area contributed by atoms with E-state index in [4.69, 9.17) is 0 Å². The second-order valence-corrected chi connectivity index (χ2v) is 7.15. The number of hydrogen-bond acceptors (Lipinski definition) is 7. The van der Waals surface area contributed by atoms with Gasteiger partial charge in [0.05, 0.1) is 12.7 Å². The number of aryl methyl sites for hydroxylation is 2. The molecular formula is C20H25N5O3. The lowest BCUT2D eigenvalue weighted by Gasteiger charge is -2.21. The first-order valence-corrected chi connectivity index (χ1v) is 9.24. The van der Waals surface area contributed by atoms with Crippen molar-refractivity contribution in [3.8, 4) is 0 Å². The van der Waals surface area contributed by atoms with Crippen LogP contribution in [-0.4, -0.2) is 65.5 Å². The number of carbonyl (C=O) groups is 2. The summed E-state index contributed by atoms with van der Waals surface area (Å²) < 4.78 is 4.65. The molecule has 148 valence electrons. The number of aromatic nitrogens is 3. The van der Waals surface area contributed by atoms with Gasteiger partial charge in [-0.15, -0.1) is 0 Å². The van der Waals surface area contributed by atoms with Gasteiger partial charge >= 0.3 is 5.97 Å². The van der Waals surface area contributed by atoms with E-state index in [0.717, 1.165) is 24.2 Å². The summed E-state index contributed by atoms with van der Waals surface area (Å²) in [6, 6.07) is 3.73. The molecule has 2 aromatic rings. The highest BCUT2D eigenvalue weighted by Gasteiger charge is 2.29. The van der Waals surface area contributed by atoms with Crippen LogP contribution in [0, 0.1) is 19.8 Å². The number of nitrogens with zero attached hydrogens (tertiary/aromatic N) is 5. The fraction of sp³-hybridized carbons (Fsp3) is 0.450. The van der Waals surface area contributed by atoms with Gasteiger partial charge in [0.15, 0.2) is 0 Å². The maximum atomic E-state index is 12.7. The number of anilines is 1. The topological polar surface area (TPSA) is 88.5 Å². The molecule has 1 fully saturated rings. The summed E-state index contributed by atoms with van der Waals surface area (Å²) in [5.41, 5.74) is 2.78. The van der Waals surface area contributed by atoms with E-state index in [-0.39, 0.29) is 5.91 Å². The van der Waals surface area contributed by atoms with E-state index in [0.29, 0.717) is 36.2 Å². The molecule has 0 radical (unpaired) electrons. The van der Waals surface area contributed by atoms with Crippen LogP contribution < -0.4 is 4.90 Å². The van der Waals surface area contributed by atoms with Crippen molar-refractivity contribution < 1.29 is 14.3 Å². The SMILES string of the molecule is COC(=O)c1cnc(N(C)CC2CCN(C(=O)c3ccc(C)c(C)n3)C2)nc1. The molecule has 1 atom stereocenters. The molecule has 0 spiro atoms. The Labute approximate surface area is 164 Å². The largest absolute Gasteiger partial charge is 0.465 e. The van der Waals surface area contributed by atoms with Gasteiger partial charge in [-0.25, -0.2) is 19.7 Å². The number of ether oxygens (including phenoxy) is 1. The third-order valence-electron chi connectivity index (χ3n) is 5.08. The molecule has 1 unspecified atom stereocenters. The summed E-state index contributed by atoms with van der Waals surface area (Å²) in [5, 5.41) is 0. The highest BCUT2D eigenvalue weighted by molar-refractivity contribution is 5.92. The molecule has 3 heterocycles. The predicted octanol–water partition coefficient (Wildman–Crippen LogP) is 1.87. The first kappa shape index (κ1) is 19.7. The Morgan fingerprint density at radius 2 is 1.96 bits per heavy atom. The normalized spacial score (nSPS) is 16.1. The third kappa shape index (κ3) is 4.27. The second kappa shape index (κ2) is 8.33. The first-order valence-electron chi connectivity index (χ1n) is 9.24. The molecule has 1 aliphatic rings. The quantitative estimate of drug-likeness (QED) is 0.728. The number of amides is 1. The molecule has 1 aliphatic heterocycles. The van der Waals surface area contributed by atoms with Gasteiger partial charge in [0.25, 0.3) is 5.91 Å². The van der Waals surface area contributed by atoms with E-state index in [1.54, 1.807) is 6.07 Å². The number of pyridine rings is 1. The monoisotopic (exact) mass is 383 g/mol. The lowest BCUT2D eigenvalue weighted by molar-refractivity contribution is 0.0599. The smallest absolute Gasteiger partial charge is 0.341 e. The summed E-state index contributed by atoms with van der Waals surface area (Å²) in [7, 11) is 3.23. The minimum atomic E-state index is -0.459. The summed E-state index contributed by atoms with van der Waals surface area (Å²) >= 11 is 0. The van der Waals surface area contributed by atoms with Crippen molar-refractivity contribution in [3.63, 3.8) is 0 Å². The highest BCUT2D eigenvalue weighted by atomic mass is 16.5. The molecule has 0 N–H and O–H groups in total. The van der Waals surface area contributed by atoms with Crippen LogP contribution in [0.5, 0.6) is 0 Å². The van der Waals surface area contributed by atoms with Gasteiger partial charge in [0.1, 0.15) is 5.69 Å². The van der Waals surface area contributed by atoms with Gasteiger partial charge < -0.3 is 14.5 Å². The summed E-state index contributed by atoms with van der Waals surface area (Å²) in [4.78, 5) is 40.9. The van der Waals surface area contributed by atoms with E-state index in [1.807, 2.05) is 36.8 Å². The minimum absolute atomic E-state index is 0.0214. The van der Waals surface area contributed by atoms with Gasteiger partial charge in [0, 0.05) is 44.8 Å². The molecule has 8 heteroatoms. The van der Waals surface area contributed by atoms with Gasteiger partial charge in [0.2, 0.25) is 5.95 Å². The van der Waals surface area contributed by atoms with Crippen molar-refractivity contribution in [1.82, 2.24) is 19.9 Å². The van der Waals surface area contributed by atoms with E-state index in [1.165, 1.54) is 19.5 Å². The van der Waals surface area contributed by atoms with Crippen LogP contribution in [0.15, 0.2) is 24.5 Å². The zero-order valence-electron chi connectivity index (χ0n) is 16.7. The lowest BCUT2D eigenvalue weighted by atomic mass is 10.1. The fourth-order valence-electron chi connectivity index (χ4n) is 3.29. The Bertz CT molecular complexity index is 869. The Kier molecular flexibility index (Phi) is 5.87. The zero-order chi connectivity index (χ0) is 20.3. The average Bonchev–Trinajstić information content (AvgIpc) is 3.17. The summed E-state index contributed by atoms with van der Waals surface area (Å²) in [6.45, 7) is 6.02. The Morgan fingerprint density at radius 1 is 1.25 bits per heavy atom. The van der Waals surface area contributed by atoms with Crippen LogP contribution in [0.25, 0.3) is 0 Å². The highest BCUT2D eigenvalue weighted by Crippen LogP contribution is 2.21. The lowest BCUT2D eigenvalue weighted by Crippen LogP contribution is -2.32. The molecule has 3 rings (SSSR count). The van der Waals surface area contributed by atoms with E-state index < -0.39 is 5.97 Å². The predicted molar refractivity (Wildman–Crippen MR) is 104 cm³/mol. The molecule has 0 aromatic carbocycles. The standard InChI is InChI=1S/C20H25N5O3/c1-13-5-6-17(23-14(13)2)18(26)25-8-7-15(12-25)11-24(3)20-21-9-16(10-22-20)19(27)28-4/h5-6,9-10,15H,7-8,11-12H2,1-4H3. The Morgan fingerprint density at radius 3 is 2.61 bits per heavy atom. The van der Waals surface area contributed by atoms with Crippen molar-refractivity contribution in [1.29, 1.82) is 0 Å². The van der Waals surface area contributed by atoms with E-state index >= 15 is 0 Å². The van der Waals surface area contributed by atoms with Crippen LogP contribution in [-0.2, 0) is 4.74 Å².